The number of rotatable bonds is 4. The number of aliphatic imine (C=N–C) groups is 1. The van der Waals surface area contributed by atoms with Gasteiger partial charge in [0.1, 0.15) is 12.1 Å². The summed E-state index contributed by atoms with van der Waals surface area (Å²) in [6, 6.07) is 0.0316. The van der Waals surface area contributed by atoms with Crippen LogP contribution in [-0.2, 0) is 4.79 Å². The van der Waals surface area contributed by atoms with Gasteiger partial charge in [0.25, 0.3) is 0 Å². The third kappa shape index (κ3) is 3.28. The van der Waals surface area contributed by atoms with Crippen LogP contribution in [0.25, 0.3) is 11.0 Å². The summed E-state index contributed by atoms with van der Waals surface area (Å²) < 4.78 is 1.91. The maximum atomic E-state index is 12.0. The molecule has 3 aliphatic rings. The van der Waals surface area contributed by atoms with Crippen molar-refractivity contribution >= 4 is 28.5 Å². The van der Waals surface area contributed by atoms with Crippen molar-refractivity contribution in [2.24, 2.45) is 10.9 Å². The Balaban J connectivity index is 1.53. The number of likely N-dealkylation sites (tertiary alicyclic amines) is 1. The Morgan fingerprint density at radius 1 is 1.35 bits per heavy atom. The van der Waals surface area contributed by atoms with E-state index in [4.69, 9.17) is 15.8 Å². The molecule has 0 bridgehead atoms. The topological polar surface area (TPSA) is 102 Å². The fourth-order valence-electron chi connectivity index (χ4n) is 4.60. The molecule has 1 amide bonds. The van der Waals surface area contributed by atoms with Crippen molar-refractivity contribution < 1.29 is 4.79 Å². The quantitative estimate of drug-likeness (QED) is 0.774. The summed E-state index contributed by atoms with van der Waals surface area (Å²) >= 11 is 0. The first-order valence-electron chi connectivity index (χ1n) is 10.6. The van der Waals surface area contributed by atoms with Gasteiger partial charge in [-0.15, -0.1) is 0 Å². The summed E-state index contributed by atoms with van der Waals surface area (Å²) in [5.41, 5.74) is 9.87. The molecular formula is C23H25N7O. The van der Waals surface area contributed by atoms with Gasteiger partial charge in [0.15, 0.2) is 5.65 Å². The van der Waals surface area contributed by atoms with Crippen LogP contribution in [0.1, 0.15) is 37.4 Å². The Bertz CT molecular complexity index is 1190. The molecule has 5 rings (SSSR count). The van der Waals surface area contributed by atoms with Crippen molar-refractivity contribution in [3.05, 3.63) is 60.8 Å². The van der Waals surface area contributed by atoms with Crippen molar-refractivity contribution in [3.8, 4) is 0 Å². The van der Waals surface area contributed by atoms with E-state index in [-0.39, 0.29) is 17.9 Å². The number of hydrogen-bond donors (Lipinski definition) is 1. The first kappa shape index (κ1) is 19.4. The molecule has 0 radical (unpaired) electrons. The molecule has 1 saturated heterocycles. The molecule has 8 nitrogen and oxygen atoms in total. The molecule has 3 unspecified atom stereocenters. The maximum Gasteiger partial charge on any atom is 0.246 e. The molecule has 0 aromatic carbocycles. The largest absolute Gasteiger partial charge is 0.383 e. The molecule has 2 aromatic heterocycles. The predicted molar refractivity (Wildman–Crippen MR) is 120 cm³/mol. The maximum absolute atomic E-state index is 12.0. The van der Waals surface area contributed by atoms with E-state index in [1.165, 1.54) is 12.4 Å². The van der Waals surface area contributed by atoms with E-state index in [0.29, 0.717) is 30.5 Å². The van der Waals surface area contributed by atoms with Crippen LogP contribution in [0.2, 0.25) is 0 Å². The normalized spacial score (nSPS) is 23.5. The number of nitrogens with two attached hydrogens (primary N) is 1. The third-order valence-corrected chi connectivity index (χ3v) is 6.34. The highest BCUT2D eigenvalue weighted by Gasteiger charge is 2.31. The molecule has 4 heterocycles. The number of hydrogen-bond acceptors (Lipinski definition) is 6. The zero-order valence-electron chi connectivity index (χ0n) is 17.5. The van der Waals surface area contributed by atoms with Crippen molar-refractivity contribution in [3.63, 3.8) is 0 Å². The molecule has 8 heteroatoms. The van der Waals surface area contributed by atoms with Gasteiger partial charge in [-0.3, -0.25) is 9.79 Å². The number of fused-ring (bicyclic) bond motifs is 2. The standard InChI is InChI=1S/C23H25N7O/c1-3-19(31)29-11-10-16(12-29)30-23-20(22(24)25-13-26-23)21(28-30)14(2)17-9-8-15-6-4-5-7-18(15)27-17/h3-7,9,13-16H,1,8,10-12H2,2H3,(H2,24,25,26). The zero-order valence-corrected chi connectivity index (χ0v) is 17.5. The summed E-state index contributed by atoms with van der Waals surface area (Å²) in [4.78, 5) is 27.5. The fraction of sp³-hybridized carbons (Fsp3) is 0.348. The van der Waals surface area contributed by atoms with Gasteiger partial charge in [0, 0.05) is 36.3 Å². The van der Waals surface area contributed by atoms with Crippen molar-refractivity contribution in [2.75, 3.05) is 18.8 Å². The van der Waals surface area contributed by atoms with Gasteiger partial charge in [-0.05, 0) is 25.0 Å². The first-order valence-corrected chi connectivity index (χ1v) is 10.6. The lowest BCUT2D eigenvalue weighted by Gasteiger charge is -2.22. The summed E-state index contributed by atoms with van der Waals surface area (Å²) in [6.45, 7) is 6.93. The van der Waals surface area contributed by atoms with Gasteiger partial charge >= 0.3 is 0 Å². The number of carbonyl (C=O) groups excluding carboxylic acids is 1. The van der Waals surface area contributed by atoms with Gasteiger partial charge in [0.2, 0.25) is 5.91 Å². The van der Waals surface area contributed by atoms with Crippen molar-refractivity contribution in [2.45, 2.75) is 31.7 Å². The average Bonchev–Trinajstić information content (AvgIpc) is 3.43. The highest BCUT2D eigenvalue weighted by Crippen LogP contribution is 2.37. The molecule has 0 saturated carbocycles. The van der Waals surface area contributed by atoms with Crippen LogP contribution in [0.4, 0.5) is 5.82 Å². The number of anilines is 1. The van der Waals surface area contributed by atoms with E-state index in [2.05, 4.69) is 47.8 Å². The van der Waals surface area contributed by atoms with E-state index < -0.39 is 0 Å². The van der Waals surface area contributed by atoms with Crippen LogP contribution < -0.4 is 5.73 Å². The molecule has 1 aliphatic carbocycles. The lowest BCUT2D eigenvalue weighted by atomic mass is 9.89. The monoisotopic (exact) mass is 415 g/mol. The third-order valence-electron chi connectivity index (χ3n) is 6.34. The molecule has 0 spiro atoms. The van der Waals surface area contributed by atoms with Crippen molar-refractivity contribution in [1.29, 1.82) is 0 Å². The minimum Gasteiger partial charge on any atom is -0.383 e. The summed E-state index contributed by atoms with van der Waals surface area (Å²) in [7, 11) is 0. The SMILES string of the molecule is C=CC(=O)N1CCC(n2nc(C(C)C3=CCC4C=CC=CC4=N3)c3c(N)ncnc32)C1. The number of amides is 1. The highest BCUT2D eigenvalue weighted by molar-refractivity contribution is 6.00. The smallest absolute Gasteiger partial charge is 0.246 e. The Morgan fingerprint density at radius 2 is 2.23 bits per heavy atom. The number of carbonyl (C=O) groups is 1. The summed E-state index contributed by atoms with van der Waals surface area (Å²) in [5, 5.41) is 5.73. The van der Waals surface area contributed by atoms with Crippen LogP contribution in [0.5, 0.6) is 0 Å². The van der Waals surface area contributed by atoms with Crippen LogP contribution in [0, 0.1) is 5.92 Å². The van der Waals surface area contributed by atoms with E-state index in [9.17, 15) is 4.79 Å². The number of nitrogens with zero attached hydrogens (tertiary/aromatic N) is 6. The van der Waals surface area contributed by atoms with Gasteiger partial charge in [0.05, 0.1) is 17.1 Å². The van der Waals surface area contributed by atoms with Crippen LogP contribution >= 0.6 is 0 Å². The second-order valence-corrected chi connectivity index (χ2v) is 8.19. The minimum atomic E-state index is -0.0611. The molecule has 2 N–H and O–H groups in total. The predicted octanol–water partition coefficient (Wildman–Crippen LogP) is 2.94. The van der Waals surface area contributed by atoms with Gasteiger partial charge in [-0.25, -0.2) is 14.6 Å². The molecule has 2 aromatic rings. The lowest BCUT2D eigenvalue weighted by Crippen LogP contribution is -2.27. The van der Waals surface area contributed by atoms with E-state index in [0.717, 1.165) is 35.3 Å². The summed E-state index contributed by atoms with van der Waals surface area (Å²) in [6.07, 6.45) is 15.1. The van der Waals surface area contributed by atoms with E-state index in [1.807, 2.05) is 10.8 Å². The Kier molecular flexibility index (Phi) is 4.77. The van der Waals surface area contributed by atoms with Crippen molar-refractivity contribution in [1.82, 2.24) is 24.6 Å². The molecule has 1 fully saturated rings. The van der Waals surface area contributed by atoms with Crippen LogP contribution in [0.3, 0.4) is 0 Å². The van der Waals surface area contributed by atoms with Gasteiger partial charge < -0.3 is 10.6 Å². The average molecular weight is 416 g/mol. The fourth-order valence-corrected chi connectivity index (χ4v) is 4.60. The van der Waals surface area contributed by atoms with E-state index in [1.54, 1.807) is 4.90 Å². The Labute approximate surface area is 180 Å². The van der Waals surface area contributed by atoms with Gasteiger partial charge in [-0.2, -0.15) is 5.10 Å². The molecular weight excluding hydrogens is 390 g/mol. The van der Waals surface area contributed by atoms with Crippen LogP contribution in [-0.4, -0.2) is 49.4 Å². The van der Waals surface area contributed by atoms with Crippen LogP contribution in [0.15, 0.2) is 60.1 Å². The molecule has 31 heavy (non-hydrogen) atoms. The minimum absolute atomic E-state index is 0.0316. The molecule has 158 valence electrons. The Hall–Kier alpha value is -3.55. The molecule has 2 aliphatic heterocycles. The number of nitrogen functional groups attached to an aromatic ring is 1. The molecule has 3 atom stereocenters. The zero-order chi connectivity index (χ0) is 21.5. The number of aromatic nitrogens is 4. The Morgan fingerprint density at radius 3 is 3.06 bits per heavy atom. The number of allylic oxidation sites excluding steroid dienone is 6. The highest BCUT2D eigenvalue weighted by atomic mass is 16.2. The summed E-state index contributed by atoms with van der Waals surface area (Å²) in [5.74, 6) is 0.638. The van der Waals surface area contributed by atoms with E-state index >= 15 is 0 Å². The second-order valence-electron chi connectivity index (χ2n) is 8.19. The lowest BCUT2D eigenvalue weighted by molar-refractivity contribution is -0.125. The van der Waals surface area contributed by atoms with Gasteiger partial charge in [-0.1, -0.05) is 37.8 Å². The first-order chi connectivity index (χ1) is 15.1. The second kappa shape index (κ2) is 7.61.